The summed E-state index contributed by atoms with van der Waals surface area (Å²) < 4.78 is 0. The van der Waals surface area contributed by atoms with Crippen LogP contribution >= 0.6 is 0 Å². The Labute approximate surface area is 85.4 Å². The van der Waals surface area contributed by atoms with Crippen molar-refractivity contribution in [3.05, 3.63) is 58.8 Å². The van der Waals surface area contributed by atoms with E-state index in [2.05, 4.69) is 9.97 Å². The number of aromatic carboxylic acids is 1. The second-order valence-corrected chi connectivity index (χ2v) is 2.62. The summed E-state index contributed by atoms with van der Waals surface area (Å²) in [5.41, 5.74) is 0.174. The summed E-state index contributed by atoms with van der Waals surface area (Å²) in [6.45, 7) is 0. The molecule has 0 amide bonds. The van der Waals surface area contributed by atoms with Crippen LogP contribution < -0.4 is 5.56 Å². The van der Waals surface area contributed by atoms with Crippen molar-refractivity contribution in [2.45, 2.75) is 0 Å². The van der Waals surface area contributed by atoms with Crippen LogP contribution in [0.1, 0.15) is 10.5 Å². The number of carboxylic acids is 1. The lowest BCUT2D eigenvalue weighted by atomic mass is 10.4. The summed E-state index contributed by atoms with van der Waals surface area (Å²) in [4.78, 5) is 25.3. The minimum Gasteiger partial charge on any atom is -0.477 e. The summed E-state index contributed by atoms with van der Waals surface area (Å²) in [6, 6.07) is 8.08. The van der Waals surface area contributed by atoms with Crippen molar-refractivity contribution >= 4 is 5.97 Å². The predicted molar refractivity (Wildman–Crippen MR) is 54.8 cm³/mol. The van der Waals surface area contributed by atoms with Gasteiger partial charge in [-0.3, -0.25) is 4.79 Å². The summed E-state index contributed by atoms with van der Waals surface area (Å²) in [5.74, 6) is -0.921. The molecule has 2 aromatic rings. The Balaban J connectivity index is 0.000000151. The van der Waals surface area contributed by atoms with Crippen molar-refractivity contribution < 1.29 is 9.90 Å². The number of nitrogens with one attached hydrogen (secondary N) is 2. The highest BCUT2D eigenvalue weighted by molar-refractivity contribution is 5.85. The van der Waals surface area contributed by atoms with Gasteiger partial charge in [0.05, 0.1) is 0 Å². The first kappa shape index (κ1) is 10.8. The van der Waals surface area contributed by atoms with E-state index in [-0.39, 0.29) is 11.3 Å². The molecule has 0 bridgehead atoms. The molecule has 2 rings (SSSR count). The molecule has 0 saturated heterocycles. The second kappa shape index (κ2) is 5.43. The summed E-state index contributed by atoms with van der Waals surface area (Å²) >= 11 is 0. The Hall–Kier alpha value is -2.30. The third-order valence-corrected chi connectivity index (χ3v) is 1.51. The fourth-order valence-corrected chi connectivity index (χ4v) is 0.840. The molecule has 0 aliphatic carbocycles. The summed E-state index contributed by atoms with van der Waals surface area (Å²) in [5, 5.41) is 8.24. The van der Waals surface area contributed by atoms with Crippen LogP contribution in [-0.2, 0) is 0 Å². The standard InChI is InChI=1S/C5H5NO2.C5H5NO/c7-5(8)4-2-1-3-6-4;7-5-3-1-2-4-6-5/h1-3,6H,(H,7,8);1-4H,(H,6,7). The van der Waals surface area contributed by atoms with Crippen LogP contribution in [0.3, 0.4) is 0 Å². The van der Waals surface area contributed by atoms with E-state index in [1.807, 2.05) is 0 Å². The molecule has 78 valence electrons. The number of aromatic nitrogens is 2. The van der Waals surface area contributed by atoms with E-state index >= 15 is 0 Å². The van der Waals surface area contributed by atoms with Gasteiger partial charge in [-0.25, -0.2) is 4.79 Å². The SMILES string of the molecule is O=C(O)c1ccc[nH]1.O=c1cccc[nH]1. The second-order valence-electron chi connectivity index (χ2n) is 2.62. The van der Waals surface area contributed by atoms with Crippen LogP contribution in [0.4, 0.5) is 0 Å². The van der Waals surface area contributed by atoms with Gasteiger partial charge in [0.15, 0.2) is 0 Å². The van der Waals surface area contributed by atoms with Gasteiger partial charge in [0.25, 0.3) is 0 Å². The van der Waals surface area contributed by atoms with E-state index in [1.54, 1.807) is 30.6 Å². The Morgan fingerprint density at radius 2 is 1.80 bits per heavy atom. The highest BCUT2D eigenvalue weighted by Gasteiger charge is 1.98. The smallest absolute Gasteiger partial charge is 0.352 e. The molecule has 0 fully saturated rings. The lowest BCUT2D eigenvalue weighted by Gasteiger charge is -1.80. The van der Waals surface area contributed by atoms with Crippen LogP contribution in [-0.4, -0.2) is 21.0 Å². The Kier molecular flexibility index (Phi) is 3.91. The fraction of sp³-hybridized carbons (Fsp3) is 0. The average molecular weight is 206 g/mol. The molecule has 3 N–H and O–H groups in total. The number of pyridine rings is 1. The average Bonchev–Trinajstić information content (AvgIpc) is 2.72. The van der Waals surface area contributed by atoms with Crippen LogP contribution in [0.2, 0.25) is 0 Å². The summed E-state index contributed by atoms with van der Waals surface area (Å²) in [7, 11) is 0. The van der Waals surface area contributed by atoms with Crippen molar-refractivity contribution in [3.63, 3.8) is 0 Å². The maximum atomic E-state index is 10.2. The van der Waals surface area contributed by atoms with Gasteiger partial charge < -0.3 is 15.1 Å². The topological polar surface area (TPSA) is 85.9 Å². The maximum absolute atomic E-state index is 10.2. The van der Waals surface area contributed by atoms with Gasteiger partial charge in [-0.1, -0.05) is 6.07 Å². The Bertz CT molecular complexity index is 442. The monoisotopic (exact) mass is 206 g/mol. The molecule has 2 heterocycles. The molecular weight excluding hydrogens is 196 g/mol. The third-order valence-electron chi connectivity index (χ3n) is 1.51. The molecule has 5 heteroatoms. The van der Waals surface area contributed by atoms with E-state index < -0.39 is 5.97 Å². The zero-order chi connectivity index (χ0) is 11.1. The molecule has 0 radical (unpaired) electrons. The van der Waals surface area contributed by atoms with Crippen LogP contribution in [0.5, 0.6) is 0 Å². The van der Waals surface area contributed by atoms with Gasteiger partial charge in [0.1, 0.15) is 5.69 Å². The Morgan fingerprint density at radius 3 is 2.07 bits per heavy atom. The van der Waals surface area contributed by atoms with Gasteiger partial charge in [-0.2, -0.15) is 0 Å². The molecule has 15 heavy (non-hydrogen) atoms. The van der Waals surface area contributed by atoms with Gasteiger partial charge in [-0.15, -0.1) is 0 Å². The first-order valence-corrected chi connectivity index (χ1v) is 4.20. The largest absolute Gasteiger partial charge is 0.477 e. The number of hydrogen-bond donors (Lipinski definition) is 3. The minimum absolute atomic E-state index is 0.0532. The minimum atomic E-state index is -0.921. The molecule has 0 aliphatic rings. The third kappa shape index (κ3) is 3.95. The van der Waals surface area contributed by atoms with Crippen molar-refractivity contribution in [1.29, 1.82) is 0 Å². The van der Waals surface area contributed by atoms with E-state index in [1.165, 1.54) is 12.1 Å². The van der Waals surface area contributed by atoms with Gasteiger partial charge in [0, 0.05) is 18.5 Å². The first-order chi connectivity index (χ1) is 7.20. The van der Waals surface area contributed by atoms with Gasteiger partial charge in [0.2, 0.25) is 5.56 Å². The zero-order valence-corrected chi connectivity index (χ0v) is 7.81. The van der Waals surface area contributed by atoms with Crippen molar-refractivity contribution in [2.24, 2.45) is 0 Å². The molecule has 0 atom stereocenters. The van der Waals surface area contributed by atoms with E-state index in [0.29, 0.717) is 0 Å². The normalized spacial score (nSPS) is 8.80. The molecule has 2 aromatic heterocycles. The molecule has 0 saturated carbocycles. The fourth-order valence-electron chi connectivity index (χ4n) is 0.840. The number of carboxylic acid groups (broad SMARTS) is 1. The molecule has 0 aliphatic heterocycles. The van der Waals surface area contributed by atoms with Crippen molar-refractivity contribution in [3.8, 4) is 0 Å². The number of hydrogen-bond acceptors (Lipinski definition) is 2. The quantitative estimate of drug-likeness (QED) is 0.652. The van der Waals surface area contributed by atoms with Crippen LogP contribution in [0, 0.1) is 0 Å². The molecule has 0 aromatic carbocycles. The molecule has 0 spiro atoms. The predicted octanol–water partition coefficient (Wildman–Crippen LogP) is 1.09. The molecular formula is C10H10N2O3. The van der Waals surface area contributed by atoms with Crippen LogP contribution in [0.25, 0.3) is 0 Å². The zero-order valence-electron chi connectivity index (χ0n) is 7.81. The molecule has 5 nitrogen and oxygen atoms in total. The van der Waals surface area contributed by atoms with Crippen molar-refractivity contribution in [2.75, 3.05) is 0 Å². The lowest BCUT2D eigenvalue weighted by molar-refractivity contribution is 0.0691. The maximum Gasteiger partial charge on any atom is 0.352 e. The van der Waals surface area contributed by atoms with E-state index in [0.717, 1.165) is 0 Å². The van der Waals surface area contributed by atoms with E-state index in [9.17, 15) is 9.59 Å². The summed E-state index contributed by atoms with van der Waals surface area (Å²) in [6.07, 6.45) is 3.17. The number of carbonyl (C=O) groups is 1. The van der Waals surface area contributed by atoms with Crippen LogP contribution in [0.15, 0.2) is 47.5 Å². The van der Waals surface area contributed by atoms with Crippen molar-refractivity contribution in [1.82, 2.24) is 9.97 Å². The highest BCUT2D eigenvalue weighted by atomic mass is 16.4. The first-order valence-electron chi connectivity index (χ1n) is 4.20. The lowest BCUT2D eigenvalue weighted by Crippen LogP contribution is -1.98. The highest BCUT2D eigenvalue weighted by Crippen LogP contribution is 1.91. The number of rotatable bonds is 1. The Morgan fingerprint density at radius 1 is 1.07 bits per heavy atom. The molecule has 0 unspecified atom stereocenters. The van der Waals surface area contributed by atoms with E-state index in [4.69, 9.17) is 5.11 Å². The number of aromatic amines is 2. The van der Waals surface area contributed by atoms with Gasteiger partial charge in [-0.05, 0) is 18.2 Å². The van der Waals surface area contributed by atoms with Gasteiger partial charge >= 0.3 is 5.97 Å². The number of H-pyrrole nitrogens is 2.